The van der Waals surface area contributed by atoms with Crippen molar-refractivity contribution in [1.82, 2.24) is 5.32 Å². The zero-order valence-corrected chi connectivity index (χ0v) is 46.6. The molecule has 8 rings (SSSR count). The maximum Gasteiger partial charge on any atom is 0.332 e. The molecule has 25 atom stereocenters. The molecule has 8 aliphatic rings. The minimum atomic E-state index is -3.27. The number of hydrogen-bond donors (Lipinski definition) is 8. The number of aliphatic hydroxyl groups excluding tert-OH is 5. The first-order valence-electron chi connectivity index (χ1n) is 29.4. The average molecular weight is 1120 g/mol. The molecule has 2 aliphatic heterocycles. The number of aliphatic carboxylic acids is 1. The van der Waals surface area contributed by atoms with Crippen molar-refractivity contribution in [2.45, 2.75) is 249 Å². The van der Waals surface area contributed by atoms with Gasteiger partial charge in [-0.15, -0.1) is 0 Å². The van der Waals surface area contributed by atoms with Gasteiger partial charge in [-0.1, -0.05) is 66.2 Å². The molecule has 21 heteroatoms. The number of carbonyl (C=O) groups excluding carboxylic acids is 3. The Bertz CT molecular complexity index is 2040. The molecule has 78 heavy (non-hydrogen) atoms. The lowest BCUT2D eigenvalue weighted by atomic mass is 9.43. The topological polar surface area (TPSA) is 292 Å². The van der Waals surface area contributed by atoms with Gasteiger partial charge >= 0.3 is 17.9 Å². The molecule has 0 radical (unpaired) electrons. The molecule has 8 fully saturated rings. The van der Waals surface area contributed by atoms with Crippen LogP contribution in [-0.4, -0.2) is 160 Å². The third-order valence-corrected chi connectivity index (χ3v) is 21.2. The quantitative estimate of drug-likeness (QED) is 0.0793. The van der Waals surface area contributed by atoms with E-state index >= 15 is 4.79 Å². The second-order valence-electron chi connectivity index (χ2n) is 25.6. The number of esters is 2. The Kier molecular flexibility index (Phi) is 20.3. The molecule has 0 aromatic carbocycles. The first-order valence-corrected chi connectivity index (χ1v) is 29.4. The van der Waals surface area contributed by atoms with Gasteiger partial charge in [0, 0.05) is 25.3 Å². The van der Waals surface area contributed by atoms with Crippen LogP contribution in [0, 0.1) is 70.0 Å². The molecule has 446 valence electrons. The van der Waals surface area contributed by atoms with E-state index in [0.717, 1.165) is 83.5 Å². The van der Waals surface area contributed by atoms with Crippen LogP contribution in [0.2, 0.25) is 0 Å². The molecule has 19 nitrogen and oxygen atoms in total. The van der Waals surface area contributed by atoms with Crippen molar-refractivity contribution in [3.63, 3.8) is 0 Å². The Hall–Kier alpha value is -2.70. The van der Waals surface area contributed by atoms with Crippen LogP contribution in [-0.2, 0) is 52.3 Å². The van der Waals surface area contributed by atoms with Crippen molar-refractivity contribution in [2.24, 2.45) is 75.7 Å². The van der Waals surface area contributed by atoms with Crippen LogP contribution < -0.4 is 11.1 Å². The van der Waals surface area contributed by atoms with Gasteiger partial charge < -0.3 is 74.8 Å². The number of alkyl halides is 2. The predicted octanol–water partition coefficient (Wildman–Crippen LogP) is 4.96. The lowest BCUT2D eigenvalue weighted by Crippen LogP contribution is -2.67. The van der Waals surface area contributed by atoms with E-state index in [1.165, 1.54) is 14.0 Å². The molecule has 0 spiro atoms. The number of methoxy groups -OCH3 is 1. The van der Waals surface area contributed by atoms with Gasteiger partial charge in [0.1, 0.15) is 36.6 Å². The van der Waals surface area contributed by atoms with Gasteiger partial charge in [-0.3, -0.25) is 14.4 Å². The number of carboxylic acids is 1. The zero-order chi connectivity index (χ0) is 56.5. The Morgan fingerprint density at radius 1 is 0.821 bits per heavy atom. The van der Waals surface area contributed by atoms with Crippen LogP contribution in [0.15, 0.2) is 0 Å². The molecule has 6 saturated carbocycles. The van der Waals surface area contributed by atoms with Crippen LogP contribution in [0.5, 0.6) is 0 Å². The highest BCUT2D eigenvalue weighted by molar-refractivity contribution is 5.74. The number of ether oxygens (including phenoxy) is 7. The normalized spacial score (nSPS) is 44.8. The summed E-state index contributed by atoms with van der Waals surface area (Å²) in [6.45, 7) is 9.31. The van der Waals surface area contributed by atoms with Gasteiger partial charge in [-0.05, 0) is 129 Å². The SMILES string of the molecule is CCC1CC(C(=O)O[C@H]2C[C@@H]3C[C@@H](N)CC[C@]3(C)[C@H]3CC[C@@]4(C)[C@@H](CC[C@H]4[C@H](C)CCC(=O)OC)[C@H]23)C[C@@H](O[C@@H]2O[C@H](CO)[C@H](O)[C@H](O[C@@H](CC3CCCCC3)C(=O)O)[C@H]2NC(C)=O)[C@@H]1OC1OC(O)C(C(F)F)C(O)C1O. The number of carboxylic acid groups (broad SMARTS) is 1. The molecular weight excluding hydrogens is 1020 g/mol. The summed E-state index contributed by atoms with van der Waals surface area (Å²) in [4.78, 5) is 53.5. The summed E-state index contributed by atoms with van der Waals surface area (Å²) in [6.07, 6.45) is -8.82. The maximum absolute atomic E-state index is 15.3. The number of rotatable bonds is 19. The van der Waals surface area contributed by atoms with Crippen molar-refractivity contribution in [3.8, 4) is 0 Å². The van der Waals surface area contributed by atoms with E-state index in [0.29, 0.717) is 25.2 Å². The monoisotopic (exact) mass is 1110 g/mol. The largest absolute Gasteiger partial charge is 0.479 e. The van der Waals surface area contributed by atoms with E-state index in [9.17, 15) is 53.8 Å². The van der Waals surface area contributed by atoms with E-state index < -0.39 is 128 Å². The number of fused-ring (bicyclic) bond motifs is 5. The molecule has 0 aromatic heterocycles. The lowest BCUT2D eigenvalue weighted by Gasteiger charge is -2.63. The molecule has 9 N–H and O–H groups in total. The Morgan fingerprint density at radius 2 is 1.53 bits per heavy atom. The molecular formula is C57H92F2N2O17. The third-order valence-electron chi connectivity index (χ3n) is 21.2. The van der Waals surface area contributed by atoms with Crippen molar-refractivity contribution >= 4 is 23.8 Å². The first kappa shape index (κ1) is 61.4. The molecule has 7 unspecified atom stereocenters. The summed E-state index contributed by atoms with van der Waals surface area (Å²) < 4.78 is 71.3. The van der Waals surface area contributed by atoms with Crippen molar-refractivity contribution in [2.75, 3.05) is 13.7 Å². The van der Waals surface area contributed by atoms with Crippen LogP contribution in [0.4, 0.5) is 8.78 Å². The summed E-state index contributed by atoms with van der Waals surface area (Å²) in [6, 6.07) is -1.39. The van der Waals surface area contributed by atoms with Gasteiger partial charge in [0.05, 0.1) is 43.9 Å². The number of hydrogen-bond acceptors (Lipinski definition) is 17. The Labute approximate surface area is 458 Å². The standard InChI is InChI=1S/C57H92F2N2O17/c1-7-30-22-31(52(70)74-37-25-32-24-33(60)17-19-56(32,4)36-18-20-57(5)34(14-15-35(57)42(36)37)27(2)13-16-41(64)72-6)23-38(48(30)77-55-47(67)46(66)43(50(58)59)53(71)78-55)75-54-44(61-28(3)63)49(45(65)40(26-62)76-54)73-39(51(68)69)21-29-11-9-8-10-12-29/h27,29-40,42-50,53-55,62,65-67,71H,7-26,60H2,1-6H3,(H,61,63)(H,68,69)/t27-,30?,31?,32+,33+,34+,35+,36+,37+,38-,39+,40-,42+,43?,44-,45+,46?,47?,48-,49-,53?,54-,55?,56+,57-/m1/s1. The fourth-order valence-electron chi connectivity index (χ4n) is 16.9. The fraction of sp³-hybridized carbons (Fsp3) is 0.930. The number of aliphatic hydroxyl groups is 5. The molecule has 2 heterocycles. The maximum atomic E-state index is 15.3. The molecule has 0 aromatic rings. The van der Waals surface area contributed by atoms with E-state index in [4.69, 9.17) is 38.9 Å². The number of amides is 1. The second-order valence-corrected chi connectivity index (χ2v) is 25.6. The highest BCUT2D eigenvalue weighted by atomic mass is 19.3. The summed E-state index contributed by atoms with van der Waals surface area (Å²) in [5.41, 5.74) is 6.63. The van der Waals surface area contributed by atoms with E-state index in [1.54, 1.807) is 0 Å². The fourth-order valence-corrected chi connectivity index (χ4v) is 16.9. The smallest absolute Gasteiger partial charge is 0.332 e. The van der Waals surface area contributed by atoms with E-state index in [-0.39, 0.29) is 77.6 Å². The van der Waals surface area contributed by atoms with E-state index in [2.05, 4.69) is 26.1 Å². The van der Waals surface area contributed by atoms with Crippen molar-refractivity contribution in [3.05, 3.63) is 0 Å². The minimum absolute atomic E-state index is 0.00434. The molecule has 1 amide bonds. The van der Waals surface area contributed by atoms with Crippen LogP contribution in [0.3, 0.4) is 0 Å². The first-order chi connectivity index (χ1) is 37.0. The Morgan fingerprint density at radius 3 is 2.18 bits per heavy atom. The number of nitrogens with two attached hydrogens (primary N) is 1. The van der Waals surface area contributed by atoms with Gasteiger partial charge in [-0.2, -0.15) is 0 Å². The minimum Gasteiger partial charge on any atom is -0.479 e. The molecule has 6 aliphatic carbocycles. The van der Waals surface area contributed by atoms with Crippen molar-refractivity contribution in [1.29, 1.82) is 0 Å². The van der Waals surface area contributed by atoms with Gasteiger partial charge in [0.15, 0.2) is 25.0 Å². The lowest BCUT2D eigenvalue weighted by molar-refractivity contribution is -0.366. The third kappa shape index (κ3) is 12.8. The summed E-state index contributed by atoms with van der Waals surface area (Å²) in [7, 11) is 1.41. The van der Waals surface area contributed by atoms with E-state index in [1.807, 2.05) is 6.92 Å². The van der Waals surface area contributed by atoms with Crippen molar-refractivity contribution < 1.29 is 91.8 Å². The van der Waals surface area contributed by atoms with Gasteiger partial charge in [0.2, 0.25) is 12.3 Å². The second kappa shape index (κ2) is 25.8. The summed E-state index contributed by atoms with van der Waals surface area (Å²) in [5.74, 6) is -4.81. The van der Waals surface area contributed by atoms with Crippen LogP contribution >= 0.6 is 0 Å². The Balaban J connectivity index is 1.11. The summed E-state index contributed by atoms with van der Waals surface area (Å²) >= 11 is 0. The highest BCUT2D eigenvalue weighted by Gasteiger charge is 2.64. The zero-order valence-electron chi connectivity index (χ0n) is 46.6. The number of nitrogens with one attached hydrogen (secondary N) is 1. The van der Waals surface area contributed by atoms with Gasteiger partial charge in [-0.25, -0.2) is 13.6 Å². The number of halogens is 2. The number of carbonyl (C=O) groups is 4. The highest BCUT2D eigenvalue weighted by Crippen LogP contribution is 2.69. The predicted molar refractivity (Wildman–Crippen MR) is 274 cm³/mol. The van der Waals surface area contributed by atoms with Crippen LogP contribution in [0.25, 0.3) is 0 Å². The summed E-state index contributed by atoms with van der Waals surface area (Å²) in [5, 5.41) is 68.4. The van der Waals surface area contributed by atoms with Crippen LogP contribution in [0.1, 0.15) is 157 Å². The molecule has 0 bridgehead atoms. The molecule has 2 saturated heterocycles. The van der Waals surface area contributed by atoms with Gasteiger partial charge in [0.25, 0.3) is 0 Å². The average Bonchev–Trinajstić information content (AvgIpc) is 3.95.